The number of carbonyl (C=O) groups excluding carboxylic acids is 2. The van der Waals surface area contributed by atoms with Crippen LogP contribution in [0.4, 0.5) is 0 Å². The first-order chi connectivity index (χ1) is 8.83. The molecule has 19 heavy (non-hydrogen) atoms. The Morgan fingerprint density at radius 2 is 2.00 bits per heavy atom. The van der Waals surface area contributed by atoms with Gasteiger partial charge in [0.25, 0.3) is 0 Å². The van der Waals surface area contributed by atoms with E-state index in [1.165, 1.54) is 12.8 Å². The van der Waals surface area contributed by atoms with Gasteiger partial charge in [0, 0.05) is 12.6 Å². The number of carbonyl (C=O) groups is 2. The van der Waals surface area contributed by atoms with Gasteiger partial charge in [-0.1, -0.05) is 6.42 Å². The number of likely N-dealkylation sites (N-methyl/N-ethyl adjacent to an activating group) is 1. The number of rotatable bonds is 2. The van der Waals surface area contributed by atoms with Crippen LogP contribution in [0.5, 0.6) is 0 Å². The van der Waals surface area contributed by atoms with E-state index in [2.05, 4.69) is 17.3 Å². The number of hydrogen-bond acceptors (Lipinski definition) is 3. The predicted molar refractivity (Wildman–Crippen MR) is 73.7 cm³/mol. The van der Waals surface area contributed by atoms with Crippen LogP contribution in [0.3, 0.4) is 0 Å². The summed E-state index contributed by atoms with van der Waals surface area (Å²) in [6.07, 6.45) is 3.54. The van der Waals surface area contributed by atoms with Gasteiger partial charge >= 0.3 is 0 Å². The number of nitrogens with zero attached hydrogens (tertiary/aromatic N) is 2. The molecular weight excluding hydrogens is 242 g/mol. The molecule has 108 valence electrons. The van der Waals surface area contributed by atoms with E-state index in [4.69, 9.17) is 0 Å². The fourth-order valence-corrected chi connectivity index (χ4v) is 2.99. The largest absolute Gasteiger partial charge is 0.340 e. The van der Waals surface area contributed by atoms with Gasteiger partial charge in [0.1, 0.15) is 11.6 Å². The van der Waals surface area contributed by atoms with Crippen molar-refractivity contribution in [3.8, 4) is 0 Å². The molecule has 2 fully saturated rings. The number of likely N-dealkylation sites (tertiary alicyclic amines) is 1. The Morgan fingerprint density at radius 3 is 2.63 bits per heavy atom. The van der Waals surface area contributed by atoms with E-state index in [1.54, 1.807) is 18.7 Å². The minimum atomic E-state index is -0.781. The van der Waals surface area contributed by atoms with Gasteiger partial charge in [0.05, 0.1) is 0 Å². The molecule has 5 heteroatoms. The Morgan fingerprint density at radius 1 is 1.32 bits per heavy atom. The maximum atomic E-state index is 12.5. The number of piperidine rings is 1. The standard InChI is InChI=1S/C14H25N3O2/c1-10-12(18)15-14(2,3)13(19)17(10)9-11-7-5-6-8-16(11)4/h10-11H,5-9H2,1-4H3,(H,15,18). The van der Waals surface area contributed by atoms with E-state index >= 15 is 0 Å². The highest BCUT2D eigenvalue weighted by Crippen LogP contribution is 2.22. The van der Waals surface area contributed by atoms with Crippen LogP contribution in [0.15, 0.2) is 0 Å². The van der Waals surface area contributed by atoms with Crippen molar-refractivity contribution >= 4 is 11.8 Å². The zero-order valence-electron chi connectivity index (χ0n) is 12.4. The Labute approximate surface area is 115 Å². The first kappa shape index (κ1) is 14.3. The quantitative estimate of drug-likeness (QED) is 0.797. The highest BCUT2D eigenvalue weighted by molar-refractivity contribution is 5.99. The zero-order valence-corrected chi connectivity index (χ0v) is 12.4. The summed E-state index contributed by atoms with van der Waals surface area (Å²) in [5, 5.41) is 2.79. The SMILES string of the molecule is CC1C(=O)NC(C)(C)C(=O)N1CC1CCCCN1C. The summed E-state index contributed by atoms with van der Waals surface area (Å²) >= 11 is 0. The van der Waals surface area contributed by atoms with Gasteiger partial charge < -0.3 is 15.1 Å². The molecule has 2 unspecified atom stereocenters. The fourth-order valence-electron chi connectivity index (χ4n) is 2.99. The van der Waals surface area contributed by atoms with Crippen molar-refractivity contribution in [2.75, 3.05) is 20.1 Å². The lowest BCUT2D eigenvalue weighted by Crippen LogP contribution is -2.68. The summed E-state index contributed by atoms with van der Waals surface area (Å²) in [4.78, 5) is 28.5. The number of piperazine rings is 1. The highest BCUT2D eigenvalue weighted by atomic mass is 16.2. The van der Waals surface area contributed by atoms with Crippen molar-refractivity contribution in [1.29, 1.82) is 0 Å². The van der Waals surface area contributed by atoms with Gasteiger partial charge in [-0.3, -0.25) is 9.59 Å². The third kappa shape index (κ3) is 2.76. The topological polar surface area (TPSA) is 52.7 Å². The molecule has 5 nitrogen and oxygen atoms in total. The average molecular weight is 267 g/mol. The van der Waals surface area contributed by atoms with Gasteiger partial charge in [-0.05, 0) is 47.2 Å². The molecule has 2 rings (SSSR count). The molecule has 0 aromatic heterocycles. The summed E-state index contributed by atoms with van der Waals surface area (Å²) in [7, 11) is 2.11. The maximum absolute atomic E-state index is 12.5. The molecule has 2 aliphatic rings. The minimum absolute atomic E-state index is 0.0265. The number of amides is 2. The van der Waals surface area contributed by atoms with Crippen LogP contribution in [-0.2, 0) is 9.59 Å². The van der Waals surface area contributed by atoms with Crippen molar-refractivity contribution in [3.63, 3.8) is 0 Å². The van der Waals surface area contributed by atoms with Crippen LogP contribution < -0.4 is 5.32 Å². The first-order valence-corrected chi connectivity index (χ1v) is 7.16. The molecule has 2 heterocycles. The molecule has 0 radical (unpaired) electrons. The Kier molecular flexibility index (Phi) is 3.85. The third-order valence-corrected chi connectivity index (χ3v) is 4.41. The van der Waals surface area contributed by atoms with Gasteiger partial charge in [-0.15, -0.1) is 0 Å². The summed E-state index contributed by atoms with van der Waals surface area (Å²) in [5.74, 6) is -0.0263. The molecule has 0 spiro atoms. The van der Waals surface area contributed by atoms with Crippen LogP contribution in [0.1, 0.15) is 40.0 Å². The summed E-state index contributed by atoms with van der Waals surface area (Å²) in [6.45, 7) is 7.10. The number of nitrogens with one attached hydrogen (secondary N) is 1. The van der Waals surface area contributed by atoms with Crippen molar-refractivity contribution < 1.29 is 9.59 Å². The van der Waals surface area contributed by atoms with Crippen LogP contribution >= 0.6 is 0 Å². The van der Waals surface area contributed by atoms with Crippen molar-refractivity contribution in [2.45, 2.75) is 57.7 Å². The van der Waals surface area contributed by atoms with Gasteiger partial charge in [0.15, 0.2) is 0 Å². The summed E-state index contributed by atoms with van der Waals surface area (Å²) < 4.78 is 0. The summed E-state index contributed by atoms with van der Waals surface area (Å²) in [5.41, 5.74) is -0.781. The molecule has 0 bridgehead atoms. The van der Waals surface area contributed by atoms with E-state index in [9.17, 15) is 9.59 Å². The molecule has 0 aromatic rings. The Bertz CT molecular complexity index is 381. The third-order valence-electron chi connectivity index (χ3n) is 4.41. The summed E-state index contributed by atoms with van der Waals surface area (Å²) in [6, 6.07) is 0.0118. The predicted octanol–water partition coefficient (Wildman–Crippen LogP) is 0.596. The van der Waals surface area contributed by atoms with Gasteiger partial charge in [0.2, 0.25) is 11.8 Å². The van der Waals surface area contributed by atoms with E-state index in [1.807, 2.05) is 6.92 Å². The number of hydrogen-bond donors (Lipinski definition) is 1. The molecule has 0 aliphatic carbocycles. The smallest absolute Gasteiger partial charge is 0.248 e. The minimum Gasteiger partial charge on any atom is -0.340 e. The van der Waals surface area contributed by atoms with Crippen molar-refractivity contribution in [2.24, 2.45) is 0 Å². The van der Waals surface area contributed by atoms with Crippen molar-refractivity contribution in [3.05, 3.63) is 0 Å². The lowest BCUT2D eigenvalue weighted by atomic mass is 9.95. The van der Waals surface area contributed by atoms with Crippen LogP contribution in [0.2, 0.25) is 0 Å². The van der Waals surface area contributed by atoms with E-state index in [-0.39, 0.29) is 17.9 Å². The first-order valence-electron chi connectivity index (χ1n) is 7.16. The molecule has 2 aliphatic heterocycles. The van der Waals surface area contributed by atoms with Gasteiger partial charge in [-0.2, -0.15) is 0 Å². The second kappa shape index (κ2) is 5.12. The maximum Gasteiger partial charge on any atom is 0.248 e. The van der Waals surface area contributed by atoms with Gasteiger partial charge in [-0.25, -0.2) is 0 Å². The van der Waals surface area contributed by atoms with E-state index in [0.29, 0.717) is 12.6 Å². The molecule has 0 aromatic carbocycles. The Balaban J connectivity index is 2.12. The molecule has 2 saturated heterocycles. The zero-order chi connectivity index (χ0) is 14.2. The van der Waals surface area contributed by atoms with E-state index in [0.717, 1.165) is 13.0 Å². The molecule has 2 atom stereocenters. The Hall–Kier alpha value is -1.10. The second-order valence-corrected chi connectivity index (χ2v) is 6.38. The molecule has 2 amide bonds. The second-order valence-electron chi connectivity index (χ2n) is 6.38. The van der Waals surface area contributed by atoms with Crippen LogP contribution in [0.25, 0.3) is 0 Å². The van der Waals surface area contributed by atoms with Crippen molar-refractivity contribution in [1.82, 2.24) is 15.1 Å². The average Bonchev–Trinajstić information content (AvgIpc) is 2.34. The fraction of sp³-hybridized carbons (Fsp3) is 0.857. The molecule has 0 saturated carbocycles. The van der Waals surface area contributed by atoms with E-state index < -0.39 is 5.54 Å². The highest BCUT2D eigenvalue weighted by Gasteiger charge is 2.44. The molecule has 1 N–H and O–H groups in total. The van der Waals surface area contributed by atoms with Crippen LogP contribution in [-0.4, -0.2) is 59.4 Å². The van der Waals surface area contributed by atoms with Crippen LogP contribution in [0, 0.1) is 0 Å². The monoisotopic (exact) mass is 267 g/mol. The molecular formula is C14H25N3O2. The normalized spacial score (nSPS) is 32.3. The lowest BCUT2D eigenvalue weighted by Gasteiger charge is -2.44. The lowest BCUT2D eigenvalue weighted by molar-refractivity contribution is -0.153.